The van der Waals surface area contributed by atoms with Crippen LogP contribution in [0.1, 0.15) is 11.1 Å². The lowest BCUT2D eigenvalue weighted by molar-refractivity contribution is -0.124. The van der Waals surface area contributed by atoms with E-state index in [4.69, 9.17) is 0 Å². The van der Waals surface area contributed by atoms with Gasteiger partial charge in [-0.2, -0.15) is 0 Å². The number of amides is 1. The highest BCUT2D eigenvalue weighted by Gasteiger charge is 2.15. The van der Waals surface area contributed by atoms with Gasteiger partial charge in [0, 0.05) is 19.6 Å². The monoisotopic (exact) mass is 204 g/mol. The smallest absolute Gasteiger partial charge is 0.234 e. The molecule has 0 spiro atoms. The molecule has 0 radical (unpaired) electrons. The van der Waals surface area contributed by atoms with Crippen LogP contribution in [0.2, 0.25) is 0 Å². The molecule has 0 aliphatic carbocycles. The highest BCUT2D eigenvalue weighted by Crippen LogP contribution is 2.07. The minimum atomic E-state index is 0.133. The summed E-state index contributed by atoms with van der Waals surface area (Å²) in [5, 5.41) is 2.83. The molecule has 1 aromatic carbocycles. The molecule has 80 valence electrons. The number of carbonyl (C=O) groups excluding carboxylic acids is 1. The van der Waals surface area contributed by atoms with Crippen molar-refractivity contribution in [3.63, 3.8) is 0 Å². The third kappa shape index (κ3) is 2.80. The summed E-state index contributed by atoms with van der Waals surface area (Å²) in [4.78, 5) is 13.3. The summed E-state index contributed by atoms with van der Waals surface area (Å²) < 4.78 is 0. The summed E-state index contributed by atoms with van der Waals surface area (Å²) >= 11 is 0. The molecule has 2 rings (SSSR count). The number of piperazine rings is 1. The molecular weight excluding hydrogens is 188 g/mol. The first kappa shape index (κ1) is 10.2. The van der Waals surface area contributed by atoms with E-state index >= 15 is 0 Å². The van der Waals surface area contributed by atoms with Gasteiger partial charge in [0.15, 0.2) is 0 Å². The molecule has 1 aliphatic rings. The van der Waals surface area contributed by atoms with E-state index < -0.39 is 0 Å². The van der Waals surface area contributed by atoms with Crippen LogP contribution in [0.15, 0.2) is 24.3 Å². The fraction of sp³-hybridized carbons (Fsp3) is 0.417. The summed E-state index contributed by atoms with van der Waals surface area (Å²) in [6, 6.07) is 8.47. The van der Waals surface area contributed by atoms with Crippen LogP contribution in [-0.4, -0.2) is 30.4 Å². The fourth-order valence-corrected chi connectivity index (χ4v) is 1.78. The molecule has 1 amide bonds. The van der Waals surface area contributed by atoms with E-state index in [1.54, 1.807) is 0 Å². The van der Waals surface area contributed by atoms with Crippen LogP contribution in [-0.2, 0) is 11.3 Å². The zero-order valence-electron chi connectivity index (χ0n) is 8.99. The van der Waals surface area contributed by atoms with Gasteiger partial charge in [-0.05, 0) is 12.5 Å². The standard InChI is InChI=1S/C12H16N2O/c1-10-2-4-11(5-3-10)8-14-7-6-13-12(15)9-14/h2-5H,6-9H2,1H3,(H,13,15). The predicted octanol–water partition coefficient (Wildman–Crippen LogP) is 0.927. The normalized spacial score (nSPS) is 17.5. The third-order valence-electron chi connectivity index (χ3n) is 2.64. The number of nitrogens with one attached hydrogen (secondary N) is 1. The molecule has 1 aromatic rings. The lowest BCUT2D eigenvalue weighted by Gasteiger charge is -2.26. The molecule has 0 aromatic heterocycles. The van der Waals surface area contributed by atoms with Gasteiger partial charge in [0.1, 0.15) is 0 Å². The average molecular weight is 204 g/mol. The Morgan fingerprint density at radius 2 is 2.07 bits per heavy atom. The van der Waals surface area contributed by atoms with Crippen molar-refractivity contribution in [3.05, 3.63) is 35.4 Å². The Kier molecular flexibility index (Phi) is 3.02. The Bertz CT molecular complexity index is 345. The van der Waals surface area contributed by atoms with E-state index in [0.717, 1.165) is 19.6 Å². The first-order chi connectivity index (χ1) is 7.24. The number of rotatable bonds is 2. The minimum absolute atomic E-state index is 0.133. The van der Waals surface area contributed by atoms with Gasteiger partial charge in [0.05, 0.1) is 6.54 Å². The van der Waals surface area contributed by atoms with Gasteiger partial charge in [-0.25, -0.2) is 0 Å². The Morgan fingerprint density at radius 1 is 1.33 bits per heavy atom. The maximum atomic E-state index is 11.2. The second-order valence-electron chi connectivity index (χ2n) is 4.05. The van der Waals surface area contributed by atoms with Crippen molar-refractivity contribution in [2.75, 3.05) is 19.6 Å². The maximum absolute atomic E-state index is 11.2. The van der Waals surface area contributed by atoms with Gasteiger partial charge in [-0.15, -0.1) is 0 Å². The summed E-state index contributed by atoms with van der Waals surface area (Å²) in [5.74, 6) is 0.133. The summed E-state index contributed by atoms with van der Waals surface area (Å²) in [6.07, 6.45) is 0. The van der Waals surface area contributed by atoms with Crippen molar-refractivity contribution >= 4 is 5.91 Å². The van der Waals surface area contributed by atoms with E-state index in [1.165, 1.54) is 11.1 Å². The van der Waals surface area contributed by atoms with E-state index in [9.17, 15) is 4.79 Å². The Labute approximate surface area is 90.1 Å². The highest BCUT2D eigenvalue weighted by molar-refractivity contribution is 5.78. The molecule has 3 nitrogen and oxygen atoms in total. The van der Waals surface area contributed by atoms with Gasteiger partial charge in [-0.3, -0.25) is 9.69 Å². The number of carbonyl (C=O) groups is 1. The molecule has 1 saturated heterocycles. The number of benzene rings is 1. The number of hydrogen-bond donors (Lipinski definition) is 1. The third-order valence-corrected chi connectivity index (χ3v) is 2.64. The molecule has 1 aliphatic heterocycles. The molecule has 15 heavy (non-hydrogen) atoms. The van der Waals surface area contributed by atoms with Crippen LogP contribution in [0, 0.1) is 6.92 Å². The fourth-order valence-electron chi connectivity index (χ4n) is 1.78. The zero-order chi connectivity index (χ0) is 10.7. The van der Waals surface area contributed by atoms with Gasteiger partial charge < -0.3 is 5.32 Å². The minimum Gasteiger partial charge on any atom is -0.354 e. The van der Waals surface area contributed by atoms with Crippen LogP contribution in [0.3, 0.4) is 0 Å². The number of aryl methyl sites for hydroxylation is 1. The Hall–Kier alpha value is -1.35. The second kappa shape index (κ2) is 4.45. The maximum Gasteiger partial charge on any atom is 0.234 e. The van der Waals surface area contributed by atoms with Crippen molar-refractivity contribution in [2.24, 2.45) is 0 Å². The molecule has 1 fully saturated rings. The molecular formula is C12H16N2O. The average Bonchev–Trinajstić information content (AvgIpc) is 2.22. The van der Waals surface area contributed by atoms with Crippen molar-refractivity contribution in [1.29, 1.82) is 0 Å². The van der Waals surface area contributed by atoms with Gasteiger partial charge in [0.25, 0.3) is 0 Å². The van der Waals surface area contributed by atoms with Crippen LogP contribution >= 0.6 is 0 Å². The molecule has 0 bridgehead atoms. The van der Waals surface area contributed by atoms with Crippen molar-refractivity contribution in [3.8, 4) is 0 Å². The Balaban J connectivity index is 1.96. The van der Waals surface area contributed by atoms with E-state index in [-0.39, 0.29) is 5.91 Å². The highest BCUT2D eigenvalue weighted by atomic mass is 16.2. The molecule has 3 heteroatoms. The van der Waals surface area contributed by atoms with E-state index in [1.807, 2.05) is 0 Å². The number of nitrogens with zero attached hydrogens (tertiary/aromatic N) is 1. The first-order valence-electron chi connectivity index (χ1n) is 5.28. The van der Waals surface area contributed by atoms with Crippen LogP contribution in [0.4, 0.5) is 0 Å². The topological polar surface area (TPSA) is 32.3 Å². The quantitative estimate of drug-likeness (QED) is 0.777. The van der Waals surface area contributed by atoms with Gasteiger partial charge in [-0.1, -0.05) is 29.8 Å². The Morgan fingerprint density at radius 3 is 2.73 bits per heavy atom. The van der Waals surface area contributed by atoms with Crippen LogP contribution < -0.4 is 5.32 Å². The molecule has 0 unspecified atom stereocenters. The SMILES string of the molecule is Cc1ccc(CN2CCNC(=O)C2)cc1. The van der Waals surface area contributed by atoms with Crippen molar-refractivity contribution < 1.29 is 4.79 Å². The van der Waals surface area contributed by atoms with Crippen molar-refractivity contribution in [2.45, 2.75) is 13.5 Å². The van der Waals surface area contributed by atoms with Crippen LogP contribution in [0.25, 0.3) is 0 Å². The largest absolute Gasteiger partial charge is 0.354 e. The summed E-state index contributed by atoms with van der Waals surface area (Å²) in [6.45, 7) is 5.18. The number of hydrogen-bond acceptors (Lipinski definition) is 2. The molecule has 1 heterocycles. The van der Waals surface area contributed by atoms with Crippen molar-refractivity contribution in [1.82, 2.24) is 10.2 Å². The first-order valence-corrected chi connectivity index (χ1v) is 5.28. The van der Waals surface area contributed by atoms with E-state index in [2.05, 4.69) is 41.4 Å². The lowest BCUT2D eigenvalue weighted by atomic mass is 10.1. The van der Waals surface area contributed by atoms with E-state index in [0.29, 0.717) is 6.54 Å². The zero-order valence-corrected chi connectivity index (χ0v) is 8.99. The summed E-state index contributed by atoms with van der Waals surface area (Å²) in [5.41, 5.74) is 2.55. The predicted molar refractivity (Wildman–Crippen MR) is 59.5 cm³/mol. The van der Waals surface area contributed by atoms with Crippen LogP contribution in [0.5, 0.6) is 0 Å². The van der Waals surface area contributed by atoms with Gasteiger partial charge in [0.2, 0.25) is 5.91 Å². The molecule has 1 N–H and O–H groups in total. The van der Waals surface area contributed by atoms with Gasteiger partial charge >= 0.3 is 0 Å². The molecule has 0 atom stereocenters. The second-order valence-corrected chi connectivity index (χ2v) is 4.05. The molecule has 0 saturated carbocycles. The lowest BCUT2D eigenvalue weighted by Crippen LogP contribution is -2.47. The summed E-state index contributed by atoms with van der Waals surface area (Å²) in [7, 11) is 0.